The molecular formula is C14H19NO3S3. The highest BCUT2D eigenvalue weighted by Gasteiger charge is 2.25. The van der Waals surface area contributed by atoms with Crippen LogP contribution in [-0.2, 0) is 22.9 Å². The highest BCUT2D eigenvalue weighted by molar-refractivity contribution is 7.91. The molecule has 0 aliphatic heterocycles. The maximum atomic E-state index is 12.2. The summed E-state index contributed by atoms with van der Waals surface area (Å²) in [5.74, 6) is 0. The Morgan fingerprint density at radius 1 is 1.33 bits per heavy atom. The standard InChI is InChI=1S/C14H19NO3S3/c1-3-12-4-5-13(20-12)21(17,18)15-10-14(2,16)8-11-6-7-19-9-11/h4-7,9,15-16H,3,8,10H2,1-2H3. The van der Waals surface area contributed by atoms with Gasteiger partial charge in [-0.15, -0.1) is 11.3 Å². The van der Waals surface area contributed by atoms with Crippen molar-refractivity contribution in [3.63, 3.8) is 0 Å². The first-order chi connectivity index (χ1) is 9.82. The maximum Gasteiger partial charge on any atom is 0.250 e. The van der Waals surface area contributed by atoms with Crippen LogP contribution >= 0.6 is 22.7 Å². The summed E-state index contributed by atoms with van der Waals surface area (Å²) in [6, 6.07) is 5.36. The van der Waals surface area contributed by atoms with Gasteiger partial charge in [-0.1, -0.05) is 6.92 Å². The summed E-state index contributed by atoms with van der Waals surface area (Å²) in [4.78, 5) is 1.03. The lowest BCUT2D eigenvalue weighted by Crippen LogP contribution is -2.41. The van der Waals surface area contributed by atoms with Crippen molar-refractivity contribution in [2.24, 2.45) is 0 Å². The Morgan fingerprint density at radius 2 is 2.10 bits per heavy atom. The van der Waals surface area contributed by atoms with Crippen molar-refractivity contribution in [3.8, 4) is 0 Å². The highest BCUT2D eigenvalue weighted by Crippen LogP contribution is 2.22. The molecule has 0 aromatic carbocycles. The predicted molar refractivity (Wildman–Crippen MR) is 87.5 cm³/mol. The third kappa shape index (κ3) is 4.62. The number of hydrogen-bond acceptors (Lipinski definition) is 5. The first-order valence-electron chi connectivity index (χ1n) is 6.64. The largest absolute Gasteiger partial charge is 0.388 e. The summed E-state index contributed by atoms with van der Waals surface area (Å²) >= 11 is 2.82. The molecule has 0 fully saturated rings. The van der Waals surface area contributed by atoms with Crippen LogP contribution in [0.4, 0.5) is 0 Å². The van der Waals surface area contributed by atoms with Gasteiger partial charge in [0.1, 0.15) is 4.21 Å². The van der Waals surface area contributed by atoms with Crippen LogP contribution in [0.1, 0.15) is 24.3 Å². The van der Waals surface area contributed by atoms with Gasteiger partial charge in [0.25, 0.3) is 0 Å². The van der Waals surface area contributed by atoms with Gasteiger partial charge in [-0.05, 0) is 47.9 Å². The van der Waals surface area contributed by atoms with E-state index < -0.39 is 15.6 Å². The molecular weight excluding hydrogens is 326 g/mol. The smallest absolute Gasteiger partial charge is 0.250 e. The van der Waals surface area contributed by atoms with Gasteiger partial charge in [-0.25, -0.2) is 13.1 Å². The summed E-state index contributed by atoms with van der Waals surface area (Å²) in [7, 11) is -3.55. The molecule has 2 N–H and O–H groups in total. The van der Waals surface area contributed by atoms with Crippen LogP contribution < -0.4 is 4.72 Å². The zero-order chi connectivity index (χ0) is 15.5. The molecule has 2 aromatic heterocycles. The second-order valence-corrected chi connectivity index (χ2v) is 9.15. The van der Waals surface area contributed by atoms with Crippen molar-refractivity contribution in [2.75, 3.05) is 6.54 Å². The summed E-state index contributed by atoms with van der Waals surface area (Å²) < 4.78 is 27.2. The van der Waals surface area contributed by atoms with E-state index in [0.717, 1.165) is 16.9 Å². The highest BCUT2D eigenvalue weighted by atomic mass is 32.2. The van der Waals surface area contributed by atoms with Gasteiger partial charge in [0, 0.05) is 17.8 Å². The monoisotopic (exact) mass is 345 g/mol. The molecule has 116 valence electrons. The topological polar surface area (TPSA) is 66.4 Å². The number of rotatable bonds is 7. The molecule has 4 nitrogen and oxygen atoms in total. The van der Waals surface area contributed by atoms with Gasteiger partial charge < -0.3 is 5.11 Å². The molecule has 0 aliphatic rings. The number of nitrogens with one attached hydrogen (secondary N) is 1. The maximum absolute atomic E-state index is 12.2. The quantitative estimate of drug-likeness (QED) is 0.811. The first kappa shape index (κ1) is 16.6. The predicted octanol–water partition coefficient (Wildman–Crippen LogP) is 2.64. The van der Waals surface area contributed by atoms with E-state index in [9.17, 15) is 13.5 Å². The minimum atomic E-state index is -3.55. The third-order valence-corrected chi connectivity index (χ3v) is 6.91. The van der Waals surface area contributed by atoms with E-state index in [2.05, 4.69) is 4.72 Å². The number of sulfonamides is 1. The van der Waals surface area contributed by atoms with Gasteiger partial charge in [-0.2, -0.15) is 11.3 Å². The molecule has 1 unspecified atom stereocenters. The summed E-state index contributed by atoms with van der Waals surface area (Å²) in [5, 5.41) is 14.2. The Bertz CT molecular complexity index is 672. The Hall–Kier alpha value is -0.730. The molecule has 2 aromatic rings. The Kier molecular flexibility index (Phi) is 5.21. The second-order valence-electron chi connectivity index (χ2n) is 5.20. The normalized spacial score (nSPS) is 15.0. The van der Waals surface area contributed by atoms with E-state index in [1.54, 1.807) is 24.3 Å². The lowest BCUT2D eigenvalue weighted by Gasteiger charge is -2.23. The van der Waals surface area contributed by atoms with Crippen molar-refractivity contribution in [1.29, 1.82) is 0 Å². The van der Waals surface area contributed by atoms with Crippen LogP contribution in [-0.4, -0.2) is 25.7 Å². The van der Waals surface area contributed by atoms with Crippen LogP contribution in [0.2, 0.25) is 0 Å². The van der Waals surface area contributed by atoms with Crippen molar-refractivity contribution >= 4 is 32.7 Å². The van der Waals surface area contributed by atoms with Gasteiger partial charge in [-0.3, -0.25) is 0 Å². The van der Waals surface area contributed by atoms with Gasteiger partial charge >= 0.3 is 0 Å². The fourth-order valence-electron chi connectivity index (χ4n) is 1.91. The zero-order valence-electron chi connectivity index (χ0n) is 12.0. The van der Waals surface area contributed by atoms with E-state index in [1.165, 1.54) is 11.3 Å². The fraction of sp³-hybridized carbons (Fsp3) is 0.429. The molecule has 2 rings (SSSR count). The Labute approximate surface area is 133 Å². The molecule has 7 heteroatoms. The molecule has 21 heavy (non-hydrogen) atoms. The lowest BCUT2D eigenvalue weighted by atomic mass is 9.99. The van der Waals surface area contributed by atoms with Gasteiger partial charge in [0.05, 0.1) is 5.60 Å². The number of hydrogen-bond donors (Lipinski definition) is 2. The lowest BCUT2D eigenvalue weighted by molar-refractivity contribution is 0.0658. The van der Waals surface area contributed by atoms with E-state index in [-0.39, 0.29) is 6.54 Å². The van der Waals surface area contributed by atoms with E-state index in [1.807, 2.05) is 29.8 Å². The molecule has 0 amide bonds. The Morgan fingerprint density at radius 3 is 2.67 bits per heavy atom. The van der Waals surface area contributed by atoms with Crippen LogP contribution in [0.25, 0.3) is 0 Å². The molecule has 0 spiro atoms. The van der Waals surface area contributed by atoms with Crippen molar-refractivity contribution in [1.82, 2.24) is 4.72 Å². The van der Waals surface area contributed by atoms with E-state index in [0.29, 0.717) is 10.6 Å². The van der Waals surface area contributed by atoms with Crippen LogP contribution in [0.15, 0.2) is 33.2 Å². The van der Waals surface area contributed by atoms with Crippen molar-refractivity contribution in [3.05, 3.63) is 39.4 Å². The average Bonchev–Trinajstić information content (AvgIpc) is 3.07. The summed E-state index contributed by atoms with van der Waals surface area (Å²) in [6.45, 7) is 3.62. The van der Waals surface area contributed by atoms with Crippen molar-refractivity contribution in [2.45, 2.75) is 36.5 Å². The van der Waals surface area contributed by atoms with E-state index in [4.69, 9.17) is 0 Å². The zero-order valence-corrected chi connectivity index (χ0v) is 14.4. The van der Waals surface area contributed by atoms with Gasteiger partial charge in [0.15, 0.2) is 0 Å². The first-order valence-corrected chi connectivity index (χ1v) is 9.88. The van der Waals surface area contributed by atoms with Crippen LogP contribution in [0.3, 0.4) is 0 Å². The SMILES string of the molecule is CCc1ccc(S(=O)(=O)NCC(C)(O)Cc2ccsc2)s1. The molecule has 0 bridgehead atoms. The number of aliphatic hydroxyl groups is 1. The third-order valence-electron chi connectivity index (χ3n) is 3.06. The molecule has 0 saturated heterocycles. The minimum absolute atomic E-state index is 0.00939. The van der Waals surface area contributed by atoms with E-state index >= 15 is 0 Å². The summed E-state index contributed by atoms with van der Waals surface area (Å²) in [6.07, 6.45) is 1.24. The van der Waals surface area contributed by atoms with Crippen LogP contribution in [0, 0.1) is 0 Å². The molecule has 2 heterocycles. The molecule has 0 saturated carbocycles. The number of aryl methyl sites for hydroxylation is 1. The molecule has 0 aliphatic carbocycles. The number of thiophene rings is 2. The second kappa shape index (κ2) is 6.58. The molecule has 0 radical (unpaired) electrons. The average molecular weight is 346 g/mol. The summed E-state index contributed by atoms with van der Waals surface area (Å²) in [5.41, 5.74) is -0.104. The molecule has 1 atom stereocenters. The van der Waals surface area contributed by atoms with Crippen LogP contribution in [0.5, 0.6) is 0 Å². The van der Waals surface area contributed by atoms with Crippen molar-refractivity contribution < 1.29 is 13.5 Å². The fourth-order valence-corrected chi connectivity index (χ4v) is 5.08. The minimum Gasteiger partial charge on any atom is -0.388 e. The Balaban J connectivity index is 2.00. The van der Waals surface area contributed by atoms with Gasteiger partial charge in [0.2, 0.25) is 10.0 Å².